The van der Waals surface area contributed by atoms with Crippen LogP contribution in [0, 0.1) is 6.92 Å². The SMILES string of the molecule is COc1ccc(Br)cc1-c1nc(C)sc1C=O. The highest BCUT2D eigenvalue weighted by Crippen LogP contribution is 2.35. The highest BCUT2D eigenvalue weighted by molar-refractivity contribution is 9.10. The molecule has 0 aliphatic rings. The van der Waals surface area contributed by atoms with Gasteiger partial charge in [0, 0.05) is 10.0 Å². The van der Waals surface area contributed by atoms with Crippen molar-refractivity contribution in [2.75, 3.05) is 7.11 Å². The van der Waals surface area contributed by atoms with E-state index in [2.05, 4.69) is 20.9 Å². The zero-order valence-electron chi connectivity index (χ0n) is 9.36. The number of aryl methyl sites for hydroxylation is 1. The van der Waals surface area contributed by atoms with E-state index in [-0.39, 0.29) is 0 Å². The maximum Gasteiger partial charge on any atom is 0.162 e. The van der Waals surface area contributed by atoms with E-state index in [1.807, 2.05) is 25.1 Å². The number of nitrogens with zero attached hydrogens (tertiary/aromatic N) is 1. The number of methoxy groups -OCH3 is 1. The Labute approximate surface area is 112 Å². The number of carbonyl (C=O) groups excluding carboxylic acids is 1. The molecule has 0 unspecified atom stereocenters. The van der Waals surface area contributed by atoms with Gasteiger partial charge < -0.3 is 4.74 Å². The van der Waals surface area contributed by atoms with E-state index in [1.54, 1.807) is 7.11 Å². The number of hydrogen-bond acceptors (Lipinski definition) is 4. The fourth-order valence-corrected chi connectivity index (χ4v) is 2.70. The van der Waals surface area contributed by atoms with Crippen molar-refractivity contribution < 1.29 is 9.53 Å². The number of aldehydes is 1. The fourth-order valence-electron chi connectivity index (χ4n) is 1.58. The molecule has 1 heterocycles. The molecule has 88 valence electrons. The molecule has 0 aliphatic heterocycles. The van der Waals surface area contributed by atoms with Crippen molar-refractivity contribution in [3.63, 3.8) is 0 Å². The standard InChI is InChI=1S/C12H10BrNO2S/c1-7-14-12(11(6-15)17-7)9-5-8(13)3-4-10(9)16-2/h3-6H,1-2H3. The Hall–Kier alpha value is -1.20. The minimum absolute atomic E-state index is 0.624. The van der Waals surface area contributed by atoms with E-state index >= 15 is 0 Å². The molecule has 0 fully saturated rings. The molecule has 1 aromatic carbocycles. The summed E-state index contributed by atoms with van der Waals surface area (Å²) in [5.41, 5.74) is 1.51. The largest absolute Gasteiger partial charge is 0.496 e. The molecule has 3 nitrogen and oxygen atoms in total. The molecule has 0 bridgehead atoms. The average Bonchev–Trinajstić information content (AvgIpc) is 2.70. The maximum absolute atomic E-state index is 11.0. The number of rotatable bonds is 3. The van der Waals surface area contributed by atoms with Crippen LogP contribution in [-0.2, 0) is 0 Å². The normalized spacial score (nSPS) is 10.3. The Bertz CT molecular complexity index is 566. The van der Waals surface area contributed by atoms with Crippen molar-refractivity contribution in [2.45, 2.75) is 6.92 Å². The van der Waals surface area contributed by atoms with Gasteiger partial charge in [0.05, 0.1) is 22.7 Å². The van der Waals surface area contributed by atoms with E-state index in [9.17, 15) is 4.79 Å². The summed E-state index contributed by atoms with van der Waals surface area (Å²) in [6.45, 7) is 1.88. The van der Waals surface area contributed by atoms with Crippen LogP contribution in [-0.4, -0.2) is 18.4 Å². The quantitative estimate of drug-likeness (QED) is 0.811. The van der Waals surface area contributed by atoms with E-state index in [4.69, 9.17) is 4.74 Å². The second kappa shape index (κ2) is 4.98. The Kier molecular flexibility index (Phi) is 3.59. The molecule has 2 rings (SSSR count). The predicted octanol–water partition coefficient (Wildman–Crippen LogP) is 3.70. The van der Waals surface area contributed by atoms with Crippen molar-refractivity contribution in [1.82, 2.24) is 4.98 Å². The lowest BCUT2D eigenvalue weighted by atomic mass is 10.1. The Morgan fingerprint density at radius 2 is 2.24 bits per heavy atom. The first-order chi connectivity index (χ1) is 8.15. The monoisotopic (exact) mass is 311 g/mol. The Morgan fingerprint density at radius 3 is 2.88 bits per heavy atom. The third-order valence-electron chi connectivity index (χ3n) is 2.28. The number of aromatic nitrogens is 1. The highest BCUT2D eigenvalue weighted by Gasteiger charge is 2.15. The summed E-state index contributed by atoms with van der Waals surface area (Å²) in [4.78, 5) is 16.0. The number of carbonyl (C=O) groups is 1. The topological polar surface area (TPSA) is 39.2 Å². The van der Waals surface area contributed by atoms with Crippen LogP contribution in [0.1, 0.15) is 14.7 Å². The molecule has 0 aliphatic carbocycles. The van der Waals surface area contributed by atoms with Gasteiger partial charge in [-0.3, -0.25) is 4.79 Å². The molecule has 0 saturated heterocycles. The van der Waals surface area contributed by atoms with Crippen molar-refractivity contribution >= 4 is 33.6 Å². The lowest BCUT2D eigenvalue weighted by Crippen LogP contribution is -1.90. The minimum atomic E-state index is 0.624. The molecule has 0 N–H and O–H groups in total. The maximum atomic E-state index is 11.0. The Morgan fingerprint density at radius 1 is 1.47 bits per heavy atom. The lowest BCUT2D eigenvalue weighted by Gasteiger charge is -2.07. The number of ether oxygens (including phenoxy) is 1. The lowest BCUT2D eigenvalue weighted by molar-refractivity contribution is 0.112. The zero-order valence-corrected chi connectivity index (χ0v) is 11.8. The second-order valence-corrected chi connectivity index (χ2v) is 5.56. The van der Waals surface area contributed by atoms with Crippen LogP contribution >= 0.6 is 27.3 Å². The molecule has 2 aromatic rings. The highest BCUT2D eigenvalue weighted by atomic mass is 79.9. The smallest absolute Gasteiger partial charge is 0.162 e. The van der Waals surface area contributed by atoms with Gasteiger partial charge >= 0.3 is 0 Å². The summed E-state index contributed by atoms with van der Waals surface area (Å²) >= 11 is 4.79. The molecule has 17 heavy (non-hydrogen) atoms. The number of hydrogen-bond donors (Lipinski definition) is 0. The molecular weight excluding hydrogens is 302 g/mol. The van der Waals surface area contributed by atoms with E-state index in [0.717, 1.165) is 21.3 Å². The van der Waals surface area contributed by atoms with Crippen LogP contribution < -0.4 is 4.74 Å². The van der Waals surface area contributed by atoms with Gasteiger partial charge in [-0.05, 0) is 25.1 Å². The van der Waals surface area contributed by atoms with E-state index in [0.29, 0.717) is 16.3 Å². The summed E-state index contributed by atoms with van der Waals surface area (Å²) in [5, 5.41) is 0.865. The molecule has 0 saturated carbocycles. The molecule has 5 heteroatoms. The third kappa shape index (κ3) is 2.40. The number of halogens is 1. The molecule has 0 spiro atoms. The Balaban J connectivity index is 2.65. The summed E-state index contributed by atoms with van der Waals surface area (Å²) in [5.74, 6) is 0.710. The van der Waals surface area contributed by atoms with Crippen LogP contribution in [0.5, 0.6) is 5.75 Å². The minimum Gasteiger partial charge on any atom is -0.496 e. The first-order valence-electron chi connectivity index (χ1n) is 4.92. The summed E-state index contributed by atoms with van der Waals surface area (Å²) in [6, 6.07) is 5.64. The van der Waals surface area contributed by atoms with Crippen molar-refractivity contribution in [2.24, 2.45) is 0 Å². The van der Waals surface area contributed by atoms with Crippen molar-refractivity contribution in [3.05, 3.63) is 32.6 Å². The first kappa shape index (κ1) is 12.3. The van der Waals surface area contributed by atoms with Crippen LogP contribution in [0.3, 0.4) is 0 Å². The molecule has 0 atom stereocenters. The van der Waals surface area contributed by atoms with Gasteiger partial charge in [0.15, 0.2) is 6.29 Å². The van der Waals surface area contributed by atoms with Crippen molar-refractivity contribution in [1.29, 1.82) is 0 Å². The van der Waals surface area contributed by atoms with Gasteiger partial charge in [-0.15, -0.1) is 11.3 Å². The van der Waals surface area contributed by atoms with Gasteiger partial charge in [-0.2, -0.15) is 0 Å². The summed E-state index contributed by atoms with van der Waals surface area (Å²) in [6.07, 6.45) is 0.834. The van der Waals surface area contributed by atoms with Crippen LogP contribution in [0.2, 0.25) is 0 Å². The molecule has 0 amide bonds. The van der Waals surface area contributed by atoms with Gasteiger partial charge in [0.1, 0.15) is 5.75 Å². The first-order valence-corrected chi connectivity index (χ1v) is 6.53. The van der Waals surface area contributed by atoms with Crippen LogP contribution in [0.4, 0.5) is 0 Å². The molecular formula is C12H10BrNO2S. The van der Waals surface area contributed by atoms with E-state index in [1.165, 1.54) is 11.3 Å². The number of benzene rings is 1. The zero-order chi connectivity index (χ0) is 12.4. The van der Waals surface area contributed by atoms with Gasteiger partial charge in [0.2, 0.25) is 0 Å². The summed E-state index contributed by atoms with van der Waals surface area (Å²) in [7, 11) is 1.60. The van der Waals surface area contributed by atoms with E-state index < -0.39 is 0 Å². The average molecular weight is 312 g/mol. The fraction of sp³-hybridized carbons (Fsp3) is 0.167. The van der Waals surface area contributed by atoms with Crippen molar-refractivity contribution in [3.8, 4) is 17.0 Å². The summed E-state index contributed by atoms with van der Waals surface area (Å²) < 4.78 is 6.22. The van der Waals surface area contributed by atoms with Gasteiger partial charge in [-0.1, -0.05) is 15.9 Å². The van der Waals surface area contributed by atoms with Gasteiger partial charge in [0.25, 0.3) is 0 Å². The van der Waals surface area contributed by atoms with Gasteiger partial charge in [-0.25, -0.2) is 4.98 Å². The number of thiazole rings is 1. The van der Waals surface area contributed by atoms with Crippen LogP contribution in [0.25, 0.3) is 11.3 Å². The predicted molar refractivity (Wildman–Crippen MR) is 71.9 cm³/mol. The molecule has 0 radical (unpaired) electrons. The second-order valence-electron chi connectivity index (χ2n) is 3.41. The third-order valence-corrected chi connectivity index (χ3v) is 3.67. The molecule has 1 aromatic heterocycles. The van der Waals surface area contributed by atoms with Crippen LogP contribution in [0.15, 0.2) is 22.7 Å².